The van der Waals surface area contributed by atoms with E-state index in [0.717, 1.165) is 5.56 Å². The van der Waals surface area contributed by atoms with Crippen LogP contribution in [-0.4, -0.2) is 27.4 Å². The van der Waals surface area contributed by atoms with Gasteiger partial charge in [-0.05, 0) is 24.1 Å². The highest BCUT2D eigenvalue weighted by molar-refractivity contribution is 8.13. The molecule has 1 aromatic carbocycles. The molecule has 6 heteroatoms. The molecule has 1 aromatic rings. The maximum absolute atomic E-state index is 12.6. The molecule has 0 saturated carbocycles. The molecular weight excluding hydrogens is 255 g/mol. The maximum Gasteiger partial charge on any atom is 0.235 e. The van der Waals surface area contributed by atoms with Gasteiger partial charge in [0.2, 0.25) is 9.05 Å². The lowest BCUT2D eigenvalue weighted by atomic mass is 10.1. The quantitative estimate of drug-likeness (QED) is 0.765. The number of methoxy groups -OCH3 is 1. The number of hydrogen-bond acceptors (Lipinski definition) is 3. The van der Waals surface area contributed by atoms with E-state index >= 15 is 0 Å². The summed E-state index contributed by atoms with van der Waals surface area (Å²) in [6.07, 6.45) is -0.143. The Labute approximate surface area is 98.6 Å². The fraction of sp³-hybridized carbons (Fsp3) is 0.400. The van der Waals surface area contributed by atoms with E-state index in [0.29, 0.717) is 6.42 Å². The molecule has 0 heterocycles. The molecule has 0 amide bonds. The van der Waals surface area contributed by atoms with Crippen LogP contribution in [0.25, 0.3) is 0 Å². The largest absolute Gasteiger partial charge is 0.380 e. The Morgan fingerprint density at radius 1 is 1.38 bits per heavy atom. The first-order valence-electron chi connectivity index (χ1n) is 4.60. The molecule has 0 saturated heterocycles. The molecule has 1 unspecified atom stereocenters. The Hall–Kier alpha value is -0.650. The van der Waals surface area contributed by atoms with Crippen LogP contribution in [0.1, 0.15) is 5.56 Å². The van der Waals surface area contributed by atoms with E-state index in [1.807, 2.05) is 0 Å². The highest BCUT2D eigenvalue weighted by Crippen LogP contribution is 2.10. The molecule has 0 fully saturated rings. The fourth-order valence-electron chi connectivity index (χ4n) is 1.32. The van der Waals surface area contributed by atoms with Gasteiger partial charge in [-0.1, -0.05) is 12.1 Å². The Balaban J connectivity index is 2.67. The number of ether oxygens (including phenoxy) is 1. The molecule has 0 N–H and O–H groups in total. The molecule has 0 bridgehead atoms. The van der Waals surface area contributed by atoms with Gasteiger partial charge in [0, 0.05) is 17.8 Å². The third-order valence-corrected chi connectivity index (χ3v) is 3.24. The van der Waals surface area contributed by atoms with Crippen LogP contribution in [-0.2, 0) is 20.2 Å². The van der Waals surface area contributed by atoms with Gasteiger partial charge in [0.05, 0.1) is 11.9 Å². The zero-order valence-electron chi connectivity index (χ0n) is 8.69. The van der Waals surface area contributed by atoms with Crippen LogP contribution in [0, 0.1) is 5.82 Å². The number of benzene rings is 1. The van der Waals surface area contributed by atoms with Crippen molar-refractivity contribution in [3.63, 3.8) is 0 Å². The smallest absolute Gasteiger partial charge is 0.235 e. The van der Waals surface area contributed by atoms with Gasteiger partial charge >= 0.3 is 0 Å². The van der Waals surface area contributed by atoms with Crippen molar-refractivity contribution in [2.45, 2.75) is 12.5 Å². The van der Waals surface area contributed by atoms with E-state index in [-0.39, 0.29) is 11.6 Å². The highest BCUT2D eigenvalue weighted by atomic mass is 35.7. The molecule has 0 aromatic heterocycles. The van der Waals surface area contributed by atoms with E-state index in [1.54, 1.807) is 12.1 Å². The van der Waals surface area contributed by atoms with Crippen molar-refractivity contribution in [1.82, 2.24) is 0 Å². The van der Waals surface area contributed by atoms with Crippen molar-refractivity contribution < 1.29 is 17.5 Å². The van der Waals surface area contributed by atoms with Gasteiger partial charge in [-0.2, -0.15) is 0 Å². The average molecular weight is 267 g/mol. The fourth-order valence-corrected chi connectivity index (χ4v) is 2.44. The van der Waals surface area contributed by atoms with Crippen LogP contribution in [0.2, 0.25) is 0 Å². The van der Waals surface area contributed by atoms with Gasteiger partial charge in [0.25, 0.3) is 0 Å². The van der Waals surface area contributed by atoms with Crippen molar-refractivity contribution in [1.29, 1.82) is 0 Å². The van der Waals surface area contributed by atoms with E-state index in [1.165, 1.54) is 19.2 Å². The van der Waals surface area contributed by atoms with Gasteiger partial charge in [-0.15, -0.1) is 0 Å². The van der Waals surface area contributed by atoms with Crippen LogP contribution >= 0.6 is 10.7 Å². The maximum atomic E-state index is 12.6. The molecule has 16 heavy (non-hydrogen) atoms. The second-order valence-corrected chi connectivity index (χ2v) is 6.22. The normalized spacial score (nSPS) is 13.7. The molecule has 0 spiro atoms. The Morgan fingerprint density at radius 3 is 2.38 bits per heavy atom. The topological polar surface area (TPSA) is 43.4 Å². The first-order valence-corrected chi connectivity index (χ1v) is 7.08. The Bertz CT molecular complexity index is 430. The summed E-state index contributed by atoms with van der Waals surface area (Å²) < 4.78 is 39.4. The second-order valence-electron chi connectivity index (χ2n) is 3.39. The van der Waals surface area contributed by atoms with Crippen LogP contribution in [0.15, 0.2) is 24.3 Å². The summed E-state index contributed by atoms with van der Waals surface area (Å²) in [6, 6.07) is 5.80. The summed E-state index contributed by atoms with van der Waals surface area (Å²) in [7, 11) is 2.95. The van der Waals surface area contributed by atoms with E-state index in [9.17, 15) is 12.8 Å². The van der Waals surface area contributed by atoms with Crippen LogP contribution < -0.4 is 0 Å². The minimum absolute atomic E-state index is 0.261. The summed E-state index contributed by atoms with van der Waals surface area (Å²) in [6.45, 7) is 0. The lowest BCUT2D eigenvalue weighted by Crippen LogP contribution is -2.22. The first kappa shape index (κ1) is 13.4. The van der Waals surface area contributed by atoms with E-state index < -0.39 is 15.2 Å². The van der Waals surface area contributed by atoms with Crippen LogP contribution in [0.4, 0.5) is 4.39 Å². The zero-order valence-corrected chi connectivity index (χ0v) is 10.3. The monoisotopic (exact) mass is 266 g/mol. The predicted molar refractivity (Wildman–Crippen MR) is 60.5 cm³/mol. The highest BCUT2D eigenvalue weighted by Gasteiger charge is 2.16. The lowest BCUT2D eigenvalue weighted by Gasteiger charge is -2.13. The number of rotatable bonds is 5. The molecule has 1 rings (SSSR count). The lowest BCUT2D eigenvalue weighted by molar-refractivity contribution is 0.121. The SMILES string of the molecule is COC(Cc1ccc(F)cc1)CS(=O)(=O)Cl. The summed E-state index contributed by atoms with van der Waals surface area (Å²) in [5, 5.41) is 0. The standard InChI is InChI=1S/C10H12ClFO3S/c1-15-10(7-16(11,13)14)6-8-2-4-9(12)5-3-8/h2-5,10H,6-7H2,1H3. The van der Waals surface area contributed by atoms with E-state index in [2.05, 4.69) is 0 Å². The molecule has 0 aliphatic heterocycles. The second kappa shape index (κ2) is 5.61. The Morgan fingerprint density at radius 2 is 1.94 bits per heavy atom. The molecule has 1 atom stereocenters. The van der Waals surface area contributed by atoms with Crippen LogP contribution in [0.5, 0.6) is 0 Å². The summed E-state index contributed by atoms with van der Waals surface area (Å²) in [4.78, 5) is 0. The average Bonchev–Trinajstić information content (AvgIpc) is 2.18. The van der Waals surface area contributed by atoms with Gasteiger partial charge < -0.3 is 4.74 Å². The van der Waals surface area contributed by atoms with Crippen molar-refractivity contribution in [2.24, 2.45) is 0 Å². The van der Waals surface area contributed by atoms with Gasteiger partial charge in [0.1, 0.15) is 5.82 Å². The van der Waals surface area contributed by atoms with Crippen molar-refractivity contribution in [3.05, 3.63) is 35.6 Å². The summed E-state index contributed by atoms with van der Waals surface area (Å²) >= 11 is 0. The van der Waals surface area contributed by atoms with Crippen molar-refractivity contribution in [3.8, 4) is 0 Å². The molecule has 0 radical (unpaired) electrons. The molecule has 0 aliphatic carbocycles. The van der Waals surface area contributed by atoms with E-state index in [4.69, 9.17) is 15.4 Å². The van der Waals surface area contributed by atoms with Gasteiger partial charge in [-0.3, -0.25) is 0 Å². The van der Waals surface area contributed by atoms with Crippen molar-refractivity contribution in [2.75, 3.05) is 12.9 Å². The molecule has 3 nitrogen and oxygen atoms in total. The predicted octanol–water partition coefficient (Wildman–Crippen LogP) is 1.95. The number of halogens is 2. The van der Waals surface area contributed by atoms with Gasteiger partial charge in [-0.25, -0.2) is 12.8 Å². The third-order valence-electron chi connectivity index (χ3n) is 2.09. The van der Waals surface area contributed by atoms with Crippen molar-refractivity contribution >= 4 is 19.7 Å². The Kier molecular flexibility index (Phi) is 4.70. The zero-order chi connectivity index (χ0) is 12.2. The summed E-state index contributed by atoms with van der Waals surface area (Å²) in [5.74, 6) is -0.592. The van der Waals surface area contributed by atoms with Gasteiger partial charge in [0.15, 0.2) is 0 Å². The van der Waals surface area contributed by atoms with Crippen LogP contribution in [0.3, 0.4) is 0 Å². The summed E-state index contributed by atoms with van der Waals surface area (Å²) in [5.41, 5.74) is 0.800. The molecule has 90 valence electrons. The third kappa shape index (κ3) is 4.92. The first-order chi connectivity index (χ1) is 7.40. The molecule has 0 aliphatic rings. The minimum atomic E-state index is -3.59. The number of hydrogen-bond donors (Lipinski definition) is 0. The minimum Gasteiger partial charge on any atom is -0.380 e. The molecular formula is C10H12ClFO3S.